The van der Waals surface area contributed by atoms with Crippen LogP contribution in [0.3, 0.4) is 0 Å². The molecule has 0 amide bonds. The standard InChI is InChI=1S/C24H35N7O/c1-29-10-12-31(13-11-29)22-7-6-19(18-26-22)23-27-21-5-3-2-4-20(21)24(28-23)25-8-9-30-14-16-32-17-15-30/h6-7,18H,2-5,8-17H2,1H3,(H,25,27,28). The van der Waals surface area contributed by atoms with Crippen molar-refractivity contribution in [2.24, 2.45) is 0 Å². The molecule has 2 aromatic rings. The minimum absolute atomic E-state index is 0.789. The van der Waals surface area contributed by atoms with Gasteiger partial charge in [0.2, 0.25) is 0 Å². The van der Waals surface area contributed by atoms with Gasteiger partial charge >= 0.3 is 0 Å². The van der Waals surface area contributed by atoms with Crippen LogP contribution in [0.15, 0.2) is 18.3 Å². The number of anilines is 2. The maximum absolute atomic E-state index is 5.46. The number of morpholine rings is 1. The van der Waals surface area contributed by atoms with Crippen LogP contribution < -0.4 is 10.2 Å². The molecule has 1 aliphatic carbocycles. The van der Waals surface area contributed by atoms with Crippen LogP contribution in [0.25, 0.3) is 11.4 Å². The molecular weight excluding hydrogens is 402 g/mol. The molecule has 2 saturated heterocycles. The van der Waals surface area contributed by atoms with Crippen molar-refractivity contribution < 1.29 is 4.74 Å². The molecular formula is C24H35N7O. The van der Waals surface area contributed by atoms with E-state index in [0.717, 1.165) is 101 Å². The van der Waals surface area contributed by atoms with Crippen molar-refractivity contribution in [3.63, 3.8) is 0 Å². The summed E-state index contributed by atoms with van der Waals surface area (Å²) < 4.78 is 5.46. The van der Waals surface area contributed by atoms with Gasteiger partial charge in [0.25, 0.3) is 0 Å². The molecule has 0 bridgehead atoms. The average molecular weight is 438 g/mol. The zero-order chi connectivity index (χ0) is 21.8. The van der Waals surface area contributed by atoms with Crippen molar-refractivity contribution in [3.8, 4) is 11.4 Å². The van der Waals surface area contributed by atoms with E-state index in [0.29, 0.717) is 0 Å². The quantitative estimate of drug-likeness (QED) is 0.735. The number of piperazine rings is 1. The molecule has 5 rings (SSSR count). The Morgan fingerprint density at radius 3 is 2.56 bits per heavy atom. The van der Waals surface area contributed by atoms with E-state index in [9.17, 15) is 0 Å². The smallest absolute Gasteiger partial charge is 0.163 e. The first-order valence-corrected chi connectivity index (χ1v) is 12.1. The number of fused-ring (bicyclic) bond motifs is 1. The third-order valence-electron chi connectivity index (χ3n) is 6.84. The fourth-order valence-corrected chi connectivity index (χ4v) is 4.77. The summed E-state index contributed by atoms with van der Waals surface area (Å²) in [4.78, 5) is 21.8. The lowest BCUT2D eigenvalue weighted by molar-refractivity contribution is 0.0398. The summed E-state index contributed by atoms with van der Waals surface area (Å²) in [7, 11) is 2.17. The van der Waals surface area contributed by atoms with Gasteiger partial charge in [-0.15, -0.1) is 0 Å². The van der Waals surface area contributed by atoms with Gasteiger partial charge in [0.15, 0.2) is 5.82 Å². The summed E-state index contributed by atoms with van der Waals surface area (Å²) in [5.41, 5.74) is 3.51. The predicted molar refractivity (Wildman–Crippen MR) is 127 cm³/mol. The van der Waals surface area contributed by atoms with Crippen molar-refractivity contribution in [1.82, 2.24) is 24.8 Å². The largest absolute Gasteiger partial charge is 0.379 e. The van der Waals surface area contributed by atoms with Crippen LogP contribution in [0, 0.1) is 0 Å². The van der Waals surface area contributed by atoms with Crippen LogP contribution in [0.2, 0.25) is 0 Å². The molecule has 1 N–H and O–H groups in total. The SMILES string of the molecule is CN1CCN(c2ccc(-c3nc4c(c(NCCN5CCOCC5)n3)CCCC4)cn2)CC1. The molecule has 8 heteroatoms. The molecule has 2 aromatic heterocycles. The first kappa shape index (κ1) is 21.6. The number of likely N-dealkylation sites (N-methyl/N-ethyl adjacent to an activating group) is 1. The molecule has 8 nitrogen and oxygen atoms in total. The second-order valence-electron chi connectivity index (χ2n) is 9.10. The minimum Gasteiger partial charge on any atom is -0.379 e. The van der Waals surface area contributed by atoms with E-state index in [1.54, 1.807) is 0 Å². The molecule has 2 aliphatic heterocycles. The predicted octanol–water partition coefficient (Wildman–Crippen LogP) is 1.91. The molecule has 32 heavy (non-hydrogen) atoms. The van der Waals surface area contributed by atoms with Crippen molar-refractivity contribution >= 4 is 11.6 Å². The summed E-state index contributed by atoms with van der Waals surface area (Å²) >= 11 is 0. The average Bonchev–Trinajstić information content (AvgIpc) is 2.85. The fourth-order valence-electron chi connectivity index (χ4n) is 4.77. The zero-order valence-electron chi connectivity index (χ0n) is 19.2. The maximum Gasteiger partial charge on any atom is 0.163 e. The van der Waals surface area contributed by atoms with E-state index in [-0.39, 0.29) is 0 Å². The van der Waals surface area contributed by atoms with E-state index >= 15 is 0 Å². The van der Waals surface area contributed by atoms with Gasteiger partial charge in [-0.25, -0.2) is 15.0 Å². The number of nitrogens with zero attached hydrogens (tertiary/aromatic N) is 6. The number of ether oxygens (including phenoxy) is 1. The van der Waals surface area contributed by atoms with Gasteiger partial charge in [-0.3, -0.25) is 4.90 Å². The highest BCUT2D eigenvalue weighted by Gasteiger charge is 2.20. The molecule has 172 valence electrons. The van der Waals surface area contributed by atoms with Gasteiger partial charge in [0.1, 0.15) is 11.6 Å². The lowest BCUT2D eigenvalue weighted by atomic mass is 9.96. The number of hydrogen-bond donors (Lipinski definition) is 1. The van der Waals surface area contributed by atoms with Crippen molar-refractivity contribution in [1.29, 1.82) is 0 Å². The number of aryl methyl sites for hydroxylation is 1. The Kier molecular flexibility index (Phi) is 6.80. The van der Waals surface area contributed by atoms with E-state index in [1.807, 2.05) is 6.20 Å². The molecule has 0 unspecified atom stereocenters. The van der Waals surface area contributed by atoms with Crippen LogP contribution in [-0.2, 0) is 17.6 Å². The van der Waals surface area contributed by atoms with Gasteiger partial charge in [-0.2, -0.15) is 0 Å². The fraction of sp³-hybridized carbons (Fsp3) is 0.625. The van der Waals surface area contributed by atoms with Crippen molar-refractivity contribution in [2.45, 2.75) is 25.7 Å². The zero-order valence-corrected chi connectivity index (χ0v) is 19.2. The third kappa shape index (κ3) is 5.03. The van der Waals surface area contributed by atoms with Crippen LogP contribution in [0.5, 0.6) is 0 Å². The van der Waals surface area contributed by atoms with Gasteiger partial charge < -0.3 is 19.9 Å². The highest BCUT2D eigenvalue weighted by Crippen LogP contribution is 2.29. The molecule has 2 fully saturated rings. The minimum atomic E-state index is 0.789. The topological polar surface area (TPSA) is 69.7 Å². The number of rotatable bonds is 6. The second-order valence-corrected chi connectivity index (χ2v) is 9.10. The Labute approximate surface area is 191 Å². The number of nitrogens with one attached hydrogen (secondary N) is 1. The van der Waals surface area contributed by atoms with Gasteiger partial charge in [-0.1, -0.05) is 0 Å². The molecule has 4 heterocycles. The third-order valence-corrected chi connectivity index (χ3v) is 6.84. The summed E-state index contributed by atoms with van der Waals surface area (Å²) in [6, 6.07) is 4.25. The lowest BCUT2D eigenvalue weighted by Crippen LogP contribution is -2.44. The van der Waals surface area contributed by atoms with Gasteiger partial charge in [-0.05, 0) is 44.9 Å². The van der Waals surface area contributed by atoms with E-state index < -0.39 is 0 Å². The van der Waals surface area contributed by atoms with E-state index in [1.165, 1.54) is 24.1 Å². The van der Waals surface area contributed by atoms with Gasteiger partial charge in [0, 0.05) is 75.4 Å². The Hall–Kier alpha value is -2.29. The van der Waals surface area contributed by atoms with Crippen LogP contribution in [0.1, 0.15) is 24.1 Å². The van der Waals surface area contributed by atoms with Crippen LogP contribution in [-0.4, -0.2) is 97.4 Å². The number of hydrogen-bond acceptors (Lipinski definition) is 8. The Morgan fingerprint density at radius 1 is 0.969 bits per heavy atom. The van der Waals surface area contributed by atoms with Gasteiger partial charge in [0.05, 0.1) is 13.2 Å². The van der Waals surface area contributed by atoms with Crippen molar-refractivity contribution in [3.05, 3.63) is 29.6 Å². The molecule has 0 aromatic carbocycles. The highest BCUT2D eigenvalue weighted by atomic mass is 16.5. The molecule has 0 spiro atoms. The normalized spacial score (nSPS) is 20.2. The van der Waals surface area contributed by atoms with Crippen LogP contribution >= 0.6 is 0 Å². The summed E-state index contributed by atoms with van der Waals surface area (Å²) in [5.74, 6) is 2.85. The Balaban J connectivity index is 1.31. The second kappa shape index (κ2) is 10.1. The van der Waals surface area contributed by atoms with E-state index in [4.69, 9.17) is 19.7 Å². The maximum atomic E-state index is 5.46. The Bertz CT molecular complexity index is 890. The summed E-state index contributed by atoms with van der Waals surface area (Å²) in [6.07, 6.45) is 6.47. The summed E-state index contributed by atoms with van der Waals surface area (Å²) in [5, 5.41) is 3.63. The van der Waals surface area contributed by atoms with Crippen LogP contribution in [0.4, 0.5) is 11.6 Å². The molecule has 0 radical (unpaired) electrons. The lowest BCUT2D eigenvalue weighted by Gasteiger charge is -2.33. The summed E-state index contributed by atoms with van der Waals surface area (Å²) in [6.45, 7) is 9.81. The highest BCUT2D eigenvalue weighted by molar-refractivity contribution is 5.61. The first-order valence-electron chi connectivity index (χ1n) is 12.1. The Morgan fingerprint density at radius 2 is 1.78 bits per heavy atom. The molecule has 0 atom stereocenters. The number of pyridine rings is 1. The van der Waals surface area contributed by atoms with E-state index in [2.05, 4.69) is 39.2 Å². The molecule has 0 saturated carbocycles. The van der Waals surface area contributed by atoms with Crippen molar-refractivity contribution in [2.75, 3.05) is 82.8 Å². The number of aromatic nitrogens is 3. The first-order chi connectivity index (χ1) is 15.8. The molecule has 3 aliphatic rings. The monoisotopic (exact) mass is 437 g/mol.